The molecule has 13 N–H and O–H groups in total. The van der Waals surface area contributed by atoms with Crippen LogP contribution in [0, 0.1) is 5.41 Å². The molecule has 0 atom stereocenters. The van der Waals surface area contributed by atoms with Gasteiger partial charge in [-0.1, -0.05) is 0 Å². The fourth-order valence-electron chi connectivity index (χ4n) is 0.440. The fraction of sp³-hybridized carbons (Fsp3) is 0.500. The Morgan fingerprint density at radius 2 is 1.72 bits per heavy atom. The molecule has 12 nitrogen and oxygen atoms in total. The molecule has 110 valence electrons. The smallest absolute Gasteiger partial charge is 1.00 e. The maximum atomic E-state index is 10.7. The van der Waals surface area contributed by atoms with Crippen molar-refractivity contribution in [1.29, 1.82) is 5.41 Å². The predicted molar refractivity (Wildman–Crippen MR) is 58.2 cm³/mol. The van der Waals surface area contributed by atoms with Crippen molar-refractivity contribution in [2.75, 3.05) is 13.6 Å². The Bertz CT molecular complexity index is 276. The molecule has 0 amide bonds. The summed E-state index contributed by atoms with van der Waals surface area (Å²) in [4.78, 5) is 28.0. The number of nitrogens with one attached hydrogen (secondary N) is 1. The number of phosphoric ester groups is 1. The number of likely N-dealkylation sites (N-methyl/N-ethyl adjacent to an activating group) is 1. The van der Waals surface area contributed by atoms with Gasteiger partial charge in [-0.25, -0.2) is 9.36 Å². The van der Waals surface area contributed by atoms with Crippen molar-refractivity contribution in [3.8, 4) is 0 Å². The van der Waals surface area contributed by atoms with E-state index < -0.39 is 26.3 Å². The van der Waals surface area contributed by atoms with Gasteiger partial charge >= 0.3 is 43.3 Å². The molecule has 0 aliphatic carbocycles. The van der Waals surface area contributed by atoms with E-state index in [-0.39, 0.29) is 52.9 Å². The molecule has 0 aliphatic rings. The van der Waals surface area contributed by atoms with Crippen LogP contribution in [0.4, 0.5) is 0 Å². The number of nitrogens with two attached hydrogens (primary N) is 1. The number of hydrogen-bond acceptors (Lipinski definition) is 4. The Kier molecular flexibility index (Phi) is 29.6. The molecule has 0 rings (SSSR count). The molecule has 18 heavy (non-hydrogen) atoms. The number of phosphoric acid groups is 1. The summed E-state index contributed by atoms with van der Waals surface area (Å²) in [6, 6.07) is 0. The van der Waals surface area contributed by atoms with Crippen LogP contribution in [0.25, 0.3) is 0 Å². The van der Waals surface area contributed by atoms with E-state index in [0.29, 0.717) is 0 Å². The van der Waals surface area contributed by atoms with Crippen LogP contribution in [0.5, 0.6) is 0 Å². The van der Waals surface area contributed by atoms with Crippen LogP contribution in [-0.4, -0.2) is 62.1 Å². The van der Waals surface area contributed by atoms with E-state index in [9.17, 15) is 9.36 Å². The van der Waals surface area contributed by atoms with E-state index in [4.69, 9.17) is 20.9 Å². The van der Waals surface area contributed by atoms with Gasteiger partial charge in [0.25, 0.3) is 0 Å². The number of guanidine groups is 1. The molecule has 0 heterocycles. The van der Waals surface area contributed by atoms with Crippen LogP contribution in [0.2, 0.25) is 0 Å². The standard InChI is InChI=1S/C4H10N3O5P.Na.4H2O.H/c1-7(4(5)6)2-3(8)12-13(9,10)11;;;;;;/h2H2,1H3,(H3,5,6)(H2,9,10,11);;4*1H2;/q;+1;;;;;-1. The molecule has 0 radical (unpaired) electrons. The summed E-state index contributed by atoms with van der Waals surface area (Å²) < 4.78 is 13.8. The van der Waals surface area contributed by atoms with Crippen LogP contribution in [0.3, 0.4) is 0 Å². The van der Waals surface area contributed by atoms with Gasteiger partial charge in [-0.15, -0.1) is 0 Å². The normalized spacial score (nSPS) is 7.72. The summed E-state index contributed by atoms with van der Waals surface area (Å²) in [6.07, 6.45) is 0. The topological polar surface area (TPSA) is 263 Å². The average Bonchev–Trinajstić information content (AvgIpc) is 1.81. The maximum absolute atomic E-state index is 10.7. The zero-order valence-corrected chi connectivity index (χ0v) is 12.7. The Labute approximate surface area is 126 Å². The summed E-state index contributed by atoms with van der Waals surface area (Å²) in [5, 5.41) is 6.83. The molecule has 0 unspecified atom stereocenters. The first-order valence-corrected chi connectivity index (χ1v) is 4.58. The molecule has 0 saturated heterocycles. The van der Waals surface area contributed by atoms with Crippen molar-refractivity contribution < 1.29 is 76.6 Å². The molecule has 0 aromatic carbocycles. The number of carbonyl (C=O) groups excluding carboxylic acids is 1. The van der Waals surface area contributed by atoms with Crippen molar-refractivity contribution in [2.24, 2.45) is 5.73 Å². The van der Waals surface area contributed by atoms with E-state index in [1.807, 2.05) is 0 Å². The molecule has 0 spiro atoms. The van der Waals surface area contributed by atoms with E-state index in [1.54, 1.807) is 0 Å². The van der Waals surface area contributed by atoms with Gasteiger partial charge in [0, 0.05) is 7.05 Å². The molecule has 0 saturated carbocycles. The van der Waals surface area contributed by atoms with Gasteiger partial charge in [0.15, 0.2) is 5.96 Å². The predicted octanol–water partition coefficient (Wildman–Crippen LogP) is -7.73. The first-order valence-electron chi connectivity index (χ1n) is 3.05. The monoisotopic (exact) mass is 307 g/mol. The molecule has 0 aromatic rings. The van der Waals surface area contributed by atoms with Crippen molar-refractivity contribution in [2.45, 2.75) is 0 Å². The summed E-state index contributed by atoms with van der Waals surface area (Å²) in [6.45, 7) is -0.486. The van der Waals surface area contributed by atoms with Gasteiger partial charge in [-0.2, -0.15) is 0 Å². The maximum Gasteiger partial charge on any atom is 1.00 e. The third kappa shape index (κ3) is 21.1. The van der Waals surface area contributed by atoms with E-state index in [2.05, 4.69) is 4.52 Å². The minimum absolute atomic E-state index is 0. The first kappa shape index (κ1) is 36.1. The quantitative estimate of drug-likeness (QED) is 0.169. The summed E-state index contributed by atoms with van der Waals surface area (Å²) in [5.74, 6) is -1.55. The zero-order valence-electron chi connectivity index (χ0n) is 10.8. The second-order valence-electron chi connectivity index (χ2n) is 2.20. The Hall–Kier alpha value is -0.270. The van der Waals surface area contributed by atoms with E-state index >= 15 is 0 Å². The van der Waals surface area contributed by atoms with E-state index in [1.165, 1.54) is 7.05 Å². The van der Waals surface area contributed by atoms with Crippen molar-refractivity contribution >= 4 is 19.8 Å². The van der Waals surface area contributed by atoms with Crippen LogP contribution >= 0.6 is 7.82 Å². The number of hydrogen-bond donors (Lipinski definition) is 4. The fourth-order valence-corrected chi connectivity index (χ4v) is 0.763. The van der Waals surface area contributed by atoms with Crippen LogP contribution in [0.1, 0.15) is 1.43 Å². The number of rotatable bonds is 3. The SMILES string of the molecule is CN(CC(=O)OP(=O)(O)O)C(=N)N.O.O.O.O.[H-].[Na+]. The molecule has 0 aromatic heterocycles. The van der Waals surface area contributed by atoms with E-state index in [0.717, 1.165) is 4.90 Å². The minimum atomic E-state index is -4.80. The van der Waals surface area contributed by atoms with Gasteiger partial charge in [0.1, 0.15) is 6.54 Å². The largest absolute Gasteiger partial charge is 1.00 e. The third-order valence-corrected chi connectivity index (χ3v) is 1.44. The molecule has 0 aliphatic heterocycles. The number of nitrogens with zero attached hydrogens (tertiary/aromatic N) is 1. The second-order valence-corrected chi connectivity index (χ2v) is 3.36. The molecule has 0 fully saturated rings. The van der Waals surface area contributed by atoms with Crippen molar-refractivity contribution in [3.63, 3.8) is 0 Å². The average molecular weight is 307 g/mol. The van der Waals surface area contributed by atoms with Crippen LogP contribution in [-0.2, 0) is 13.9 Å². The van der Waals surface area contributed by atoms with Gasteiger partial charge in [0.05, 0.1) is 0 Å². The third-order valence-electron chi connectivity index (χ3n) is 0.998. The summed E-state index contributed by atoms with van der Waals surface area (Å²) >= 11 is 0. The summed E-state index contributed by atoms with van der Waals surface area (Å²) in [7, 11) is -3.49. The number of carbonyl (C=O) groups is 1. The van der Waals surface area contributed by atoms with Crippen LogP contribution in [0.15, 0.2) is 0 Å². The van der Waals surface area contributed by atoms with Crippen LogP contribution < -0.4 is 35.3 Å². The van der Waals surface area contributed by atoms with Crippen molar-refractivity contribution in [1.82, 2.24) is 4.90 Å². The zero-order chi connectivity index (χ0) is 10.6. The second kappa shape index (κ2) is 14.8. The van der Waals surface area contributed by atoms with Gasteiger partial charge < -0.3 is 38.5 Å². The molecule has 0 bridgehead atoms. The van der Waals surface area contributed by atoms with Gasteiger partial charge in [-0.3, -0.25) is 15.2 Å². The summed E-state index contributed by atoms with van der Waals surface area (Å²) in [5.41, 5.74) is 4.96. The molecule has 14 heteroatoms. The first-order chi connectivity index (χ1) is 5.72. The minimum Gasteiger partial charge on any atom is -1.00 e. The van der Waals surface area contributed by atoms with Gasteiger partial charge in [0.2, 0.25) is 0 Å². The molecular weight excluding hydrogens is 288 g/mol. The molecular formula is C4H19N3NaO9P. The Morgan fingerprint density at radius 3 is 1.94 bits per heavy atom. The Balaban J connectivity index is -0.0000000480. The Morgan fingerprint density at radius 1 is 1.39 bits per heavy atom. The van der Waals surface area contributed by atoms with Gasteiger partial charge in [-0.05, 0) is 0 Å². The van der Waals surface area contributed by atoms with Crippen molar-refractivity contribution in [3.05, 3.63) is 0 Å².